The number of pyridine rings is 1. The second kappa shape index (κ2) is 5.73. The van der Waals surface area contributed by atoms with E-state index in [0.29, 0.717) is 10.8 Å². The largest absolute Gasteiger partial charge is 0.373 e. The highest BCUT2D eigenvalue weighted by atomic mass is 32.2. The maximum absolute atomic E-state index is 11.1. The van der Waals surface area contributed by atoms with Gasteiger partial charge in [0.2, 0.25) is 0 Å². The Labute approximate surface area is 126 Å². The normalized spacial score (nSPS) is 13.0. The van der Waals surface area contributed by atoms with Gasteiger partial charge in [0, 0.05) is 18.0 Å². The molecule has 6 heteroatoms. The van der Waals surface area contributed by atoms with Crippen molar-refractivity contribution in [3.05, 3.63) is 51.6 Å². The fraction of sp³-hybridized carbons (Fsp3) is 0.267. The van der Waals surface area contributed by atoms with Gasteiger partial charge in [-0.25, -0.2) is 4.98 Å². The molecule has 0 saturated heterocycles. The van der Waals surface area contributed by atoms with E-state index >= 15 is 0 Å². The molecular weight excluding hydrogens is 286 g/mol. The first-order valence-electron chi connectivity index (χ1n) is 6.80. The molecule has 0 atom stereocenters. The van der Waals surface area contributed by atoms with E-state index in [1.165, 1.54) is 35.4 Å². The number of nitrogens with one attached hydrogen (secondary N) is 1. The van der Waals surface area contributed by atoms with Gasteiger partial charge in [-0.2, -0.15) is 0 Å². The number of rotatable bonds is 4. The van der Waals surface area contributed by atoms with Gasteiger partial charge >= 0.3 is 5.69 Å². The molecule has 0 fully saturated rings. The lowest BCUT2D eigenvalue weighted by Gasteiger charge is -2.06. The summed E-state index contributed by atoms with van der Waals surface area (Å²) in [4.78, 5) is 16.1. The van der Waals surface area contributed by atoms with Crippen LogP contribution in [0.25, 0.3) is 0 Å². The number of fused-ring (bicyclic) bond motifs is 1. The van der Waals surface area contributed by atoms with E-state index in [0.717, 1.165) is 17.7 Å². The van der Waals surface area contributed by atoms with Gasteiger partial charge in [-0.3, -0.25) is 10.1 Å². The summed E-state index contributed by atoms with van der Waals surface area (Å²) in [5, 5.41) is 14.5. The number of hydrogen-bond donors (Lipinski definition) is 1. The molecule has 1 heterocycles. The lowest BCUT2D eigenvalue weighted by atomic mass is 10.1. The van der Waals surface area contributed by atoms with Crippen LogP contribution in [-0.2, 0) is 12.8 Å². The monoisotopic (exact) mass is 301 g/mol. The van der Waals surface area contributed by atoms with Gasteiger partial charge in [0.25, 0.3) is 0 Å². The molecule has 1 N–H and O–H groups in total. The van der Waals surface area contributed by atoms with Crippen molar-refractivity contribution in [2.24, 2.45) is 0 Å². The van der Waals surface area contributed by atoms with Crippen LogP contribution in [0.15, 0.2) is 40.3 Å². The lowest BCUT2D eigenvalue weighted by molar-refractivity contribution is -0.388. The first-order chi connectivity index (χ1) is 10.2. The number of nitrogens with zero attached hydrogens (tertiary/aromatic N) is 2. The van der Waals surface area contributed by atoms with E-state index in [9.17, 15) is 10.1 Å². The molecule has 2 aromatic rings. The van der Waals surface area contributed by atoms with Crippen molar-refractivity contribution in [3.8, 4) is 0 Å². The summed E-state index contributed by atoms with van der Waals surface area (Å²) in [5.74, 6) is 0.629. The molecule has 0 unspecified atom stereocenters. The third-order valence-electron chi connectivity index (χ3n) is 3.58. The van der Waals surface area contributed by atoms with Gasteiger partial charge < -0.3 is 5.32 Å². The van der Waals surface area contributed by atoms with Crippen molar-refractivity contribution in [2.45, 2.75) is 29.2 Å². The van der Waals surface area contributed by atoms with Gasteiger partial charge in [-0.05, 0) is 48.6 Å². The Morgan fingerprint density at radius 1 is 1.24 bits per heavy atom. The minimum absolute atomic E-state index is 0.0412. The van der Waals surface area contributed by atoms with E-state index in [1.807, 2.05) is 6.07 Å². The molecule has 0 saturated carbocycles. The van der Waals surface area contributed by atoms with Crippen LogP contribution in [0.1, 0.15) is 17.5 Å². The Kier molecular flexibility index (Phi) is 3.79. The van der Waals surface area contributed by atoms with Crippen molar-refractivity contribution >= 4 is 23.3 Å². The Morgan fingerprint density at radius 2 is 2.05 bits per heavy atom. The van der Waals surface area contributed by atoms with Gasteiger partial charge in [-0.1, -0.05) is 17.8 Å². The average molecular weight is 301 g/mol. The molecule has 1 aromatic carbocycles. The topological polar surface area (TPSA) is 68.1 Å². The van der Waals surface area contributed by atoms with E-state index < -0.39 is 0 Å². The molecular formula is C15H15N3O2S. The van der Waals surface area contributed by atoms with E-state index in [1.54, 1.807) is 13.1 Å². The predicted molar refractivity (Wildman–Crippen MR) is 83.0 cm³/mol. The zero-order chi connectivity index (χ0) is 14.8. The zero-order valence-corrected chi connectivity index (χ0v) is 12.4. The van der Waals surface area contributed by atoms with E-state index in [4.69, 9.17) is 0 Å². The van der Waals surface area contributed by atoms with Crippen LogP contribution in [0.2, 0.25) is 0 Å². The number of anilines is 1. The smallest absolute Gasteiger partial charge is 0.301 e. The molecule has 5 nitrogen and oxygen atoms in total. The summed E-state index contributed by atoms with van der Waals surface area (Å²) in [6, 6.07) is 9.38. The van der Waals surface area contributed by atoms with Crippen molar-refractivity contribution in [2.75, 3.05) is 12.4 Å². The Morgan fingerprint density at radius 3 is 2.81 bits per heavy atom. The molecule has 1 aliphatic carbocycles. The van der Waals surface area contributed by atoms with E-state index in [2.05, 4.69) is 22.4 Å². The fourth-order valence-corrected chi connectivity index (χ4v) is 3.46. The second-order valence-electron chi connectivity index (χ2n) is 4.91. The molecule has 0 radical (unpaired) electrons. The third kappa shape index (κ3) is 2.85. The van der Waals surface area contributed by atoms with Crippen LogP contribution in [0, 0.1) is 10.1 Å². The van der Waals surface area contributed by atoms with Gasteiger partial charge in [0.1, 0.15) is 5.82 Å². The zero-order valence-electron chi connectivity index (χ0n) is 11.6. The third-order valence-corrected chi connectivity index (χ3v) is 4.56. The van der Waals surface area contributed by atoms with Crippen LogP contribution >= 0.6 is 11.8 Å². The maximum atomic E-state index is 11.1. The van der Waals surface area contributed by atoms with Gasteiger partial charge in [0.15, 0.2) is 5.03 Å². The molecule has 1 aliphatic rings. The van der Waals surface area contributed by atoms with Crippen molar-refractivity contribution in [3.63, 3.8) is 0 Å². The fourth-order valence-electron chi connectivity index (χ4n) is 2.51. The average Bonchev–Trinajstić information content (AvgIpc) is 2.94. The molecule has 0 spiro atoms. The minimum atomic E-state index is -0.387. The first kappa shape index (κ1) is 13.9. The number of aryl methyl sites for hydroxylation is 2. The molecule has 108 valence electrons. The lowest BCUT2D eigenvalue weighted by Crippen LogP contribution is -1.98. The van der Waals surface area contributed by atoms with Crippen molar-refractivity contribution < 1.29 is 4.92 Å². The van der Waals surface area contributed by atoms with Crippen LogP contribution in [0.3, 0.4) is 0 Å². The predicted octanol–water partition coefficient (Wildman–Crippen LogP) is 3.67. The highest BCUT2D eigenvalue weighted by Gasteiger charge is 2.18. The molecule has 3 rings (SSSR count). The summed E-state index contributed by atoms with van der Waals surface area (Å²) in [6.45, 7) is 0. The Bertz CT molecular complexity index is 703. The minimum Gasteiger partial charge on any atom is -0.373 e. The van der Waals surface area contributed by atoms with Crippen LogP contribution < -0.4 is 5.32 Å². The molecule has 21 heavy (non-hydrogen) atoms. The van der Waals surface area contributed by atoms with Crippen molar-refractivity contribution in [1.82, 2.24) is 4.98 Å². The summed E-state index contributed by atoms with van der Waals surface area (Å²) in [5.41, 5.74) is 2.79. The number of hydrogen-bond acceptors (Lipinski definition) is 5. The molecule has 0 bridgehead atoms. The van der Waals surface area contributed by atoms with Crippen molar-refractivity contribution in [1.29, 1.82) is 0 Å². The molecule has 0 amide bonds. The number of aromatic nitrogens is 1. The second-order valence-corrected chi connectivity index (χ2v) is 5.98. The Hall–Kier alpha value is -2.08. The van der Waals surface area contributed by atoms with Crippen LogP contribution in [-0.4, -0.2) is 17.0 Å². The molecule has 0 aliphatic heterocycles. The highest BCUT2D eigenvalue weighted by molar-refractivity contribution is 7.99. The van der Waals surface area contributed by atoms with E-state index in [-0.39, 0.29) is 10.6 Å². The maximum Gasteiger partial charge on any atom is 0.301 e. The number of benzene rings is 1. The first-order valence-corrected chi connectivity index (χ1v) is 7.62. The summed E-state index contributed by atoms with van der Waals surface area (Å²) < 4.78 is 0. The summed E-state index contributed by atoms with van der Waals surface area (Å²) in [6.07, 6.45) is 3.42. The summed E-state index contributed by atoms with van der Waals surface area (Å²) in [7, 11) is 1.75. The van der Waals surface area contributed by atoms with Gasteiger partial charge in [-0.15, -0.1) is 0 Å². The summed E-state index contributed by atoms with van der Waals surface area (Å²) >= 11 is 1.35. The number of nitro groups is 1. The SMILES string of the molecule is CNc1ccc([N+](=O)[O-])c(Sc2ccc3c(c2)CCC3)n1. The molecule has 1 aromatic heterocycles. The quantitative estimate of drug-likeness (QED) is 0.689. The van der Waals surface area contributed by atoms with Gasteiger partial charge in [0.05, 0.1) is 4.92 Å². The Balaban J connectivity index is 1.95. The van der Waals surface area contributed by atoms with Crippen LogP contribution in [0.4, 0.5) is 11.5 Å². The standard InChI is InChI=1S/C15H15N3O2S/c1-16-14-8-7-13(18(19)20)15(17-14)21-12-6-5-10-3-2-4-11(10)9-12/h5-9H,2-4H2,1H3,(H,16,17). The highest BCUT2D eigenvalue weighted by Crippen LogP contribution is 2.36. The van der Waals surface area contributed by atoms with Crippen LogP contribution in [0.5, 0.6) is 0 Å².